The summed E-state index contributed by atoms with van der Waals surface area (Å²) in [4.78, 5) is 49.3. The molecule has 2 aromatic carbocycles. The maximum absolute atomic E-state index is 12.8. The number of methoxy groups -OCH3 is 3. The lowest BCUT2D eigenvalue weighted by Crippen LogP contribution is -2.51. The van der Waals surface area contributed by atoms with Gasteiger partial charge in [-0.3, -0.25) is 14.4 Å². The van der Waals surface area contributed by atoms with Crippen LogP contribution in [-0.2, 0) is 28.6 Å². The summed E-state index contributed by atoms with van der Waals surface area (Å²) in [6, 6.07) is 11.3. The molecular formula is C21H23NO7. The number of hydrogen-bond acceptors (Lipinski definition) is 7. The maximum atomic E-state index is 12.8. The highest BCUT2D eigenvalue weighted by Crippen LogP contribution is 2.21. The van der Waals surface area contributed by atoms with Crippen LogP contribution in [0.2, 0.25) is 0 Å². The molecule has 1 N–H and O–H groups in total. The van der Waals surface area contributed by atoms with Crippen molar-refractivity contribution in [3.8, 4) is 0 Å². The molecule has 8 heteroatoms. The minimum Gasteiger partial charge on any atom is -0.468 e. The predicted octanol–water partition coefficient (Wildman–Crippen LogP) is 1.71. The summed E-state index contributed by atoms with van der Waals surface area (Å²) in [5.74, 6) is -5.50. The van der Waals surface area contributed by atoms with Gasteiger partial charge in [0.15, 0.2) is 5.92 Å². The lowest BCUT2D eigenvalue weighted by molar-refractivity contribution is -0.162. The summed E-state index contributed by atoms with van der Waals surface area (Å²) >= 11 is 0. The van der Waals surface area contributed by atoms with Crippen LogP contribution in [0.3, 0.4) is 0 Å². The van der Waals surface area contributed by atoms with E-state index in [9.17, 15) is 19.2 Å². The van der Waals surface area contributed by atoms with E-state index in [4.69, 9.17) is 4.74 Å². The smallest absolute Gasteiger partial charge is 0.328 e. The molecule has 0 aromatic heterocycles. The molecule has 1 amide bonds. The van der Waals surface area contributed by atoms with Crippen molar-refractivity contribution in [2.45, 2.75) is 13.0 Å². The van der Waals surface area contributed by atoms with Crippen LogP contribution in [0.15, 0.2) is 42.5 Å². The summed E-state index contributed by atoms with van der Waals surface area (Å²) in [7, 11) is 3.38. The second-order valence-corrected chi connectivity index (χ2v) is 6.42. The van der Waals surface area contributed by atoms with Gasteiger partial charge in [0.05, 0.1) is 21.3 Å². The average molecular weight is 401 g/mol. The van der Waals surface area contributed by atoms with Crippen LogP contribution < -0.4 is 5.32 Å². The van der Waals surface area contributed by atoms with Gasteiger partial charge in [-0.15, -0.1) is 0 Å². The molecule has 0 radical (unpaired) electrons. The Morgan fingerprint density at radius 1 is 0.793 bits per heavy atom. The summed E-state index contributed by atoms with van der Waals surface area (Å²) in [5.41, 5.74) is 0.317. The molecule has 154 valence electrons. The Balaban J connectivity index is 2.33. The second kappa shape index (κ2) is 9.68. The highest BCUT2D eigenvalue weighted by atomic mass is 16.5. The molecule has 29 heavy (non-hydrogen) atoms. The minimum atomic E-state index is -1.41. The molecule has 2 aromatic rings. The highest BCUT2D eigenvalue weighted by molar-refractivity contribution is 6.01. The van der Waals surface area contributed by atoms with Crippen LogP contribution in [0.5, 0.6) is 0 Å². The highest BCUT2D eigenvalue weighted by Gasteiger charge is 2.42. The summed E-state index contributed by atoms with van der Waals surface area (Å²) < 4.78 is 14.1. The van der Waals surface area contributed by atoms with Gasteiger partial charge in [0.1, 0.15) is 6.04 Å². The van der Waals surface area contributed by atoms with Crippen molar-refractivity contribution >= 4 is 34.6 Å². The number of carbonyl (C=O) groups excluding carboxylic acids is 4. The fourth-order valence-corrected chi connectivity index (χ4v) is 3.06. The third-order valence-corrected chi connectivity index (χ3v) is 4.72. The Kier molecular flexibility index (Phi) is 7.30. The Labute approximate surface area is 168 Å². The maximum Gasteiger partial charge on any atom is 0.328 e. The number of rotatable bonds is 7. The summed E-state index contributed by atoms with van der Waals surface area (Å²) in [5, 5.41) is 4.37. The molecule has 0 aliphatic carbocycles. The van der Waals surface area contributed by atoms with Crippen LogP contribution in [0.4, 0.5) is 0 Å². The van der Waals surface area contributed by atoms with Gasteiger partial charge in [-0.25, -0.2) is 4.79 Å². The van der Waals surface area contributed by atoms with Gasteiger partial charge < -0.3 is 19.5 Å². The first-order chi connectivity index (χ1) is 13.8. The number of esters is 3. The van der Waals surface area contributed by atoms with E-state index in [1.165, 1.54) is 6.92 Å². The number of carbonyl (C=O) groups is 4. The van der Waals surface area contributed by atoms with Gasteiger partial charge >= 0.3 is 17.9 Å². The van der Waals surface area contributed by atoms with Gasteiger partial charge in [-0.05, 0) is 22.9 Å². The molecule has 0 bridgehead atoms. The molecule has 0 saturated heterocycles. The van der Waals surface area contributed by atoms with Crippen molar-refractivity contribution in [1.29, 1.82) is 0 Å². The monoisotopic (exact) mass is 401 g/mol. The van der Waals surface area contributed by atoms with Crippen LogP contribution in [0.1, 0.15) is 17.3 Å². The molecule has 0 heterocycles. The molecule has 0 unspecified atom stereocenters. The van der Waals surface area contributed by atoms with Gasteiger partial charge in [0.25, 0.3) is 5.91 Å². The molecule has 2 atom stereocenters. The van der Waals surface area contributed by atoms with Crippen molar-refractivity contribution < 1.29 is 33.4 Å². The first kappa shape index (κ1) is 21.9. The predicted molar refractivity (Wildman–Crippen MR) is 104 cm³/mol. The van der Waals surface area contributed by atoms with E-state index in [0.717, 1.165) is 32.1 Å². The molecule has 0 saturated carbocycles. The van der Waals surface area contributed by atoms with Gasteiger partial charge in [0, 0.05) is 11.5 Å². The van der Waals surface area contributed by atoms with E-state index in [-0.39, 0.29) is 0 Å². The molecule has 2 rings (SSSR count). The molecular weight excluding hydrogens is 378 g/mol. The topological polar surface area (TPSA) is 108 Å². The van der Waals surface area contributed by atoms with E-state index in [0.29, 0.717) is 5.56 Å². The standard InChI is InChI=1S/C21H23NO7/c1-12(16(19(24)27-2)20(25)28-3)17(21(26)29-4)22-18(23)15-10-9-13-7-5-6-8-14(13)11-15/h5-12,16-17H,1-4H3,(H,22,23)/t12-,17-/m0/s1. The second-order valence-electron chi connectivity index (χ2n) is 6.42. The van der Waals surface area contributed by atoms with Gasteiger partial charge in [-0.2, -0.15) is 0 Å². The van der Waals surface area contributed by atoms with Gasteiger partial charge in [0.2, 0.25) is 0 Å². The number of hydrogen-bond donors (Lipinski definition) is 1. The van der Waals surface area contributed by atoms with Crippen molar-refractivity contribution in [3.63, 3.8) is 0 Å². The summed E-state index contributed by atoms with van der Waals surface area (Å²) in [6.45, 7) is 1.46. The lowest BCUT2D eigenvalue weighted by Gasteiger charge is -2.27. The fraction of sp³-hybridized carbons (Fsp3) is 0.333. The Morgan fingerprint density at radius 2 is 1.34 bits per heavy atom. The van der Waals surface area contributed by atoms with E-state index in [1.807, 2.05) is 24.3 Å². The first-order valence-corrected chi connectivity index (χ1v) is 8.87. The number of amides is 1. The zero-order valence-corrected chi connectivity index (χ0v) is 16.6. The quantitative estimate of drug-likeness (QED) is 0.427. The molecule has 0 fully saturated rings. The third kappa shape index (κ3) is 4.90. The van der Waals surface area contributed by atoms with Crippen molar-refractivity contribution in [2.24, 2.45) is 11.8 Å². The van der Waals surface area contributed by atoms with Gasteiger partial charge in [-0.1, -0.05) is 37.3 Å². The van der Waals surface area contributed by atoms with Crippen molar-refractivity contribution in [3.05, 3.63) is 48.0 Å². The Hall–Kier alpha value is -3.42. The van der Waals surface area contributed by atoms with E-state index < -0.39 is 41.7 Å². The average Bonchev–Trinajstić information content (AvgIpc) is 2.75. The van der Waals surface area contributed by atoms with E-state index in [2.05, 4.69) is 14.8 Å². The zero-order valence-electron chi connectivity index (χ0n) is 16.6. The van der Waals surface area contributed by atoms with E-state index in [1.54, 1.807) is 18.2 Å². The number of benzene rings is 2. The number of nitrogens with one attached hydrogen (secondary N) is 1. The largest absolute Gasteiger partial charge is 0.468 e. The fourth-order valence-electron chi connectivity index (χ4n) is 3.06. The Morgan fingerprint density at radius 3 is 1.90 bits per heavy atom. The summed E-state index contributed by atoms with van der Waals surface area (Å²) in [6.07, 6.45) is 0. The number of ether oxygens (including phenoxy) is 3. The third-order valence-electron chi connectivity index (χ3n) is 4.72. The number of fused-ring (bicyclic) bond motifs is 1. The van der Waals surface area contributed by atoms with Crippen LogP contribution in [0.25, 0.3) is 10.8 Å². The Bertz CT molecular complexity index is 908. The molecule has 0 aliphatic heterocycles. The SMILES string of the molecule is COC(=O)C(C(=O)OC)[C@H](C)[C@H](NC(=O)c1ccc2ccccc2c1)C(=O)OC. The minimum absolute atomic E-state index is 0.317. The van der Waals surface area contributed by atoms with Crippen molar-refractivity contribution in [2.75, 3.05) is 21.3 Å². The van der Waals surface area contributed by atoms with Crippen LogP contribution in [0, 0.1) is 11.8 Å². The lowest BCUT2D eigenvalue weighted by atomic mass is 9.87. The first-order valence-electron chi connectivity index (χ1n) is 8.87. The molecule has 0 spiro atoms. The molecule has 8 nitrogen and oxygen atoms in total. The van der Waals surface area contributed by atoms with Crippen LogP contribution >= 0.6 is 0 Å². The normalized spacial score (nSPS) is 12.7. The zero-order chi connectivity index (χ0) is 21.6. The van der Waals surface area contributed by atoms with Crippen molar-refractivity contribution in [1.82, 2.24) is 5.32 Å². The van der Waals surface area contributed by atoms with E-state index >= 15 is 0 Å². The molecule has 0 aliphatic rings. The van der Waals surface area contributed by atoms with Crippen LogP contribution in [-0.4, -0.2) is 51.2 Å².